The first-order valence-electron chi connectivity index (χ1n) is 12.1. The monoisotopic (exact) mass is 540 g/mol. The number of aromatic nitrogens is 1. The molecule has 9 heteroatoms. The van der Waals surface area contributed by atoms with Crippen LogP contribution in [0.5, 0.6) is 5.75 Å². The highest BCUT2D eigenvalue weighted by atomic mass is 32.1. The number of anilines is 1. The zero-order chi connectivity index (χ0) is 27.7. The van der Waals surface area contributed by atoms with E-state index in [1.165, 1.54) is 23.3 Å². The minimum atomic E-state index is -0.974. The van der Waals surface area contributed by atoms with Gasteiger partial charge in [0.2, 0.25) is 5.78 Å². The number of aryl methyl sites for hydroxylation is 1. The van der Waals surface area contributed by atoms with Crippen LogP contribution in [0.25, 0.3) is 10.6 Å². The van der Waals surface area contributed by atoms with Crippen LogP contribution in [0.15, 0.2) is 90.2 Å². The van der Waals surface area contributed by atoms with Gasteiger partial charge in [0.15, 0.2) is 5.76 Å². The molecule has 2 N–H and O–H groups in total. The van der Waals surface area contributed by atoms with Crippen LogP contribution < -0.4 is 9.64 Å². The van der Waals surface area contributed by atoms with Gasteiger partial charge in [-0.2, -0.15) is 0 Å². The second-order valence-corrected chi connectivity index (χ2v) is 9.98. The van der Waals surface area contributed by atoms with Gasteiger partial charge >= 0.3 is 5.97 Å². The zero-order valence-corrected chi connectivity index (χ0v) is 21.9. The van der Waals surface area contributed by atoms with Crippen LogP contribution in [0.2, 0.25) is 0 Å². The van der Waals surface area contributed by atoms with E-state index in [0.717, 1.165) is 5.56 Å². The Kier molecular flexibility index (Phi) is 7.00. The summed E-state index contributed by atoms with van der Waals surface area (Å²) in [5.41, 5.74) is 2.88. The number of carbonyl (C=O) groups is 3. The molecule has 5 rings (SSSR count). The lowest BCUT2D eigenvalue weighted by atomic mass is 9.94. The molecule has 1 aliphatic rings. The molecule has 0 saturated carbocycles. The van der Waals surface area contributed by atoms with Crippen molar-refractivity contribution in [3.8, 4) is 16.3 Å². The average Bonchev–Trinajstić information content (AvgIpc) is 3.46. The minimum absolute atomic E-state index is 0.0499. The van der Waals surface area contributed by atoms with Gasteiger partial charge in [0, 0.05) is 11.3 Å². The molecule has 196 valence electrons. The summed E-state index contributed by atoms with van der Waals surface area (Å²) >= 11 is 1.21. The van der Waals surface area contributed by atoms with E-state index in [9.17, 15) is 19.5 Å². The van der Waals surface area contributed by atoms with Crippen molar-refractivity contribution in [2.45, 2.75) is 19.4 Å². The first kappa shape index (κ1) is 25.9. The Morgan fingerprint density at radius 1 is 1.00 bits per heavy atom. The van der Waals surface area contributed by atoms with E-state index < -0.39 is 29.5 Å². The highest BCUT2D eigenvalue weighted by molar-refractivity contribution is 7.17. The lowest BCUT2D eigenvalue weighted by Crippen LogP contribution is -2.31. The molecule has 3 aromatic carbocycles. The number of benzene rings is 3. The number of hydrogen-bond acceptors (Lipinski definition) is 7. The molecule has 0 radical (unpaired) electrons. The summed E-state index contributed by atoms with van der Waals surface area (Å²) in [6, 6.07) is 21.9. The maximum absolute atomic E-state index is 14.0. The number of hydrogen-bond donors (Lipinski definition) is 2. The van der Waals surface area contributed by atoms with Gasteiger partial charge in [-0.1, -0.05) is 54.6 Å². The summed E-state index contributed by atoms with van der Waals surface area (Å²) in [4.78, 5) is 44.9. The molecule has 1 aliphatic heterocycles. The van der Waals surface area contributed by atoms with Crippen molar-refractivity contribution in [3.63, 3.8) is 0 Å². The number of aliphatic carboxylic acids is 1. The molecular formula is C30H24N2O6S. The van der Waals surface area contributed by atoms with Gasteiger partial charge in [-0.25, -0.2) is 4.98 Å². The molecule has 0 aliphatic carbocycles. The van der Waals surface area contributed by atoms with Gasteiger partial charge < -0.3 is 14.9 Å². The smallest absolute Gasteiger partial charge is 0.307 e. The third kappa shape index (κ3) is 4.92. The van der Waals surface area contributed by atoms with Crippen molar-refractivity contribution in [1.29, 1.82) is 0 Å². The maximum Gasteiger partial charge on any atom is 0.307 e. The number of carbonyl (C=O) groups excluding carboxylic acids is 2. The molecule has 1 amide bonds. The van der Waals surface area contributed by atoms with Crippen molar-refractivity contribution in [1.82, 2.24) is 4.98 Å². The van der Waals surface area contributed by atoms with E-state index in [2.05, 4.69) is 4.98 Å². The summed E-state index contributed by atoms with van der Waals surface area (Å²) in [7, 11) is 1.54. The Morgan fingerprint density at radius 3 is 2.28 bits per heavy atom. The second-order valence-electron chi connectivity index (χ2n) is 8.98. The number of rotatable bonds is 8. The zero-order valence-electron chi connectivity index (χ0n) is 21.1. The van der Waals surface area contributed by atoms with Crippen LogP contribution in [-0.2, 0) is 16.0 Å². The van der Waals surface area contributed by atoms with Gasteiger partial charge in [0.1, 0.15) is 10.8 Å². The Labute approximate surface area is 228 Å². The fourth-order valence-corrected chi connectivity index (χ4v) is 5.61. The van der Waals surface area contributed by atoms with E-state index in [-0.39, 0.29) is 12.0 Å². The number of aliphatic hydroxyl groups excluding tert-OH is 1. The first-order chi connectivity index (χ1) is 18.8. The van der Waals surface area contributed by atoms with Crippen LogP contribution in [0.1, 0.15) is 32.5 Å². The summed E-state index contributed by atoms with van der Waals surface area (Å²) < 4.78 is 5.27. The lowest BCUT2D eigenvalue weighted by molar-refractivity contribution is -0.136. The Morgan fingerprint density at radius 2 is 1.67 bits per heavy atom. The second kappa shape index (κ2) is 10.5. The van der Waals surface area contributed by atoms with Gasteiger partial charge in [-0.15, -0.1) is 11.3 Å². The Hall–Kier alpha value is -4.76. The predicted octanol–water partition coefficient (Wildman–Crippen LogP) is 5.54. The number of Topliss-reactive ketones (excluding diaryl/α,β-unsaturated/α-hetero) is 1. The Balaban J connectivity index is 1.59. The highest BCUT2D eigenvalue weighted by Gasteiger charge is 2.45. The number of amides is 1. The molecule has 39 heavy (non-hydrogen) atoms. The molecular weight excluding hydrogens is 516 g/mol. The van der Waals surface area contributed by atoms with Crippen molar-refractivity contribution in [2.75, 3.05) is 12.0 Å². The number of carboxylic acids is 1. The van der Waals surface area contributed by atoms with E-state index in [0.29, 0.717) is 38.1 Å². The van der Waals surface area contributed by atoms with Crippen molar-refractivity contribution < 1.29 is 29.3 Å². The van der Waals surface area contributed by atoms with Gasteiger partial charge in [0.05, 0.1) is 35.7 Å². The summed E-state index contributed by atoms with van der Waals surface area (Å²) in [6.07, 6.45) is -0.169. The van der Waals surface area contributed by atoms with Crippen molar-refractivity contribution in [3.05, 3.63) is 112 Å². The number of aliphatic hydroxyl groups is 1. The molecule has 8 nitrogen and oxygen atoms in total. The quantitative estimate of drug-likeness (QED) is 0.282. The predicted molar refractivity (Wildman–Crippen MR) is 147 cm³/mol. The third-order valence-electron chi connectivity index (χ3n) is 6.48. The minimum Gasteiger partial charge on any atom is -0.503 e. The average molecular weight is 541 g/mol. The Bertz CT molecular complexity index is 1590. The fourth-order valence-electron chi connectivity index (χ4n) is 4.59. The molecule has 0 bridgehead atoms. The number of ketones is 1. The first-order valence-corrected chi connectivity index (χ1v) is 12.9. The van der Waals surface area contributed by atoms with E-state index in [4.69, 9.17) is 9.84 Å². The van der Waals surface area contributed by atoms with E-state index in [1.807, 2.05) is 30.3 Å². The highest BCUT2D eigenvalue weighted by Crippen LogP contribution is 2.43. The summed E-state index contributed by atoms with van der Waals surface area (Å²) in [6.45, 7) is 1.73. The molecule has 1 aromatic heterocycles. The SMILES string of the molecule is COc1ccc(C2C(C(=O)c3sc(-c4ccccc4)nc3C)=C(O)C(=O)N2c2ccc(CC(=O)O)cc2)cc1. The van der Waals surface area contributed by atoms with Crippen LogP contribution >= 0.6 is 11.3 Å². The molecule has 0 saturated heterocycles. The van der Waals surface area contributed by atoms with Gasteiger partial charge in [0.25, 0.3) is 5.91 Å². The maximum atomic E-state index is 14.0. The molecule has 4 aromatic rings. The standard InChI is InChI=1S/C30H24N2O6S/c1-17-28(39-29(31-17)20-6-4-3-5-7-20)26(35)24-25(19-10-14-22(38-2)15-11-19)32(30(37)27(24)36)21-12-8-18(9-13-21)16-23(33)34/h3-15,25,36H,16H2,1-2H3,(H,33,34). The number of ether oxygens (including phenoxy) is 1. The number of methoxy groups -OCH3 is 1. The summed E-state index contributed by atoms with van der Waals surface area (Å²) in [5, 5.41) is 20.9. The van der Waals surface area contributed by atoms with E-state index in [1.54, 1.807) is 55.5 Å². The van der Waals surface area contributed by atoms with Crippen molar-refractivity contribution >= 4 is 34.7 Å². The molecule has 0 spiro atoms. The van der Waals surface area contributed by atoms with Crippen LogP contribution in [-0.4, -0.2) is 40.0 Å². The lowest BCUT2D eigenvalue weighted by Gasteiger charge is -2.27. The van der Waals surface area contributed by atoms with Gasteiger partial charge in [-0.3, -0.25) is 19.3 Å². The molecule has 1 atom stereocenters. The van der Waals surface area contributed by atoms with Gasteiger partial charge in [-0.05, 0) is 42.3 Å². The van der Waals surface area contributed by atoms with Crippen molar-refractivity contribution in [2.24, 2.45) is 0 Å². The number of nitrogens with zero attached hydrogens (tertiary/aromatic N) is 2. The normalized spacial score (nSPS) is 15.1. The largest absolute Gasteiger partial charge is 0.503 e. The molecule has 2 heterocycles. The number of thiazole rings is 1. The molecule has 0 fully saturated rings. The van der Waals surface area contributed by atoms with Crippen LogP contribution in [0.3, 0.4) is 0 Å². The molecule has 1 unspecified atom stereocenters. The number of carboxylic acid groups (broad SMARTS) is 1. The van der Waals surface area contributed by atoms with Crippen LogP contribution in [0.4, 0.5) is 5.69 Å². The summed E-state index contributed by atoms with van der Waals surface area (Å²) in [5.74, 6) is -2.22. The van der Waals surface area contributed by atoms with Crippen LogP contribution in [0, 0.1) is 6.92 Å². The third-order valence-corrected chi connectivity index (χ3v) is 7.68. The topological polar surface area (TPSA) is 117 Å². The van der Waals surface area contributed by atoms with E-state index >= 15 is 0 Å². The fraction of sp³-hybridized carbons (Fsp3) is 0.133.